The predicted molar refractivity (Wildman–Crippen MR) is 74.1 cm³/mol. The number of aromatic nitrogens is 1. The second-order valence-corrected chi connectivity index (χ2v) is 4.36. The minimum absolute atomic E-state index is 0.347. The lowest BCUT2D eigenvalue weighted by Crippen LogP contribution is -2.04. The van der Waals surface area contributed by atoms with E-state index in [0.717, 1.165) is 11.3 Å². The fourth-order valence-corrected chi connectivity index (χ4v) is 1.93. The molecule has 0 bridgehead atoms. The zero-order valence-electron chi connectivity index (χ0n) is 10.5. The van der Waals surface area contributed by atoms with Crippen LogP contribution in [0.5, 0.6) is 5.88 Å². The Hall–Kier alpha value is -1.81. The number of halogens is 2. The molecule has 3 nitrogen and oxygen atoms in total. The van der Waals surface area contributed by atoms with Crippen molar-refractivity contribution in [3.63, 3.8) is 0 Å². The molecule has 19 heavy (non-hydrogen) atoms. The van der Waals surface area contributed by atoms with Crippen LogP contribution in [-0.2, 0) is 6.54 Å². The van der Waals surface area contributed by atoms with Crippen molar-refractivity contribution in [2.45, 2.75) is 13.5 Å². The zero-order valence-corrected chi connectivity index (χ0v) is 11.2. The van der Waals surface area contributed by atoms with E-state index < -0.39 is 0 Å². The summed E-state index contributed by atoms with van der Waals surface area (Å²) < 4.78 is 18.6. The van der Waals surface area contributed by atoms with E-state index >= 15 is 0 Å². The van der Waals surface area contributed by atoms with Gasteiger partial charge in [0.2, 0.25) is 5.88 Å². The van der Waals surface area contributed by atoms with Gasteiger partial charge in [0.1, 0.15) is 5.82 Å². The molecule has 2 rings (SSSR count). The first-order valence-corrected chi connectivity index (χ1v) is 6.33. The normalized spacial score (nSPS) is 10.3. The van der Waals surface area contributed by atoms with Crippen molar-refractivity contribution >= 4 is 17.3 Å². The highest BCUT2D eigenvalue weighted by atomic mass is 35.5. The number of anilines is 1. The van der Waals surface area contributed by atoms with Crippen LogP contribution in [0.2, 0.25) is 5.02 Å². The first-order valence-electron chi connectivity index (χ1n) is 5.95. The molecule has 1 aromatic heterocycles. The number of pyridine rings is 1. The number of benzene rings is 1. The third-order valence-electron chi connectivity index (χ3n) is 2.46. The van der Waals surface area contributed by atoms with Crippen LogP contribution in [0.25, 0.3) is 0 Å². The second-order valence-electron chi connectivity index (χ2n) is 3.92. The Labute approximate surface area is 116 Å². The molecular weight excluding hydrogens is 267 g/mol. The van der Waals surface area contributed by atoms with Gasteiger partial charge in [0, 0.05) is 17.8 Å². The van der Waals surface area contributed by atoms with Gasteiger partial charge in [0.05, 0.1) is 12.3 Å². The Morgan fingerprint density at radius 3 is 2.95 bits per heavy atom. The lowest BCUT2D eigenvalue weighted by Gasteiger charge is -2.11. The number of rotatable bonds is 5. The summed E-state index contributed by atoms with van der Waals surface area (Å²) in [6.07, 6.45) is 1.66. The maximum atomic E-state index is 13.2. The molecule has 0 aliphatic rings. The molecule has 100 valence electrons. The van der Waals surface area contributed by atoms with E-state index in [1.165, 1.54) is 12.1 Å². The fourth-order valence-electron chi connectivity index (χ4n) is 1.69. The van der Waals surface area contributed by atoms with Gasteiger partial charge in [-0.2, -0.15) is 0 Å². The van der Waals surface area contributed by atoms with E-state index in [4.69, 9.17) is 16.3 Å². The molecule has 0 amide bonds. The largest absolute Gasteiger partial charge is 0.476 e. The van der Waals surface area contributed by atoms with Gasteiger partial charge in [-0.15, -0.1) is 0 Å². The summed E-state index contributed by atoms with van der Waals surface area (Å²) >= 11 is 5.81. The summed E-state index contributed by atoms with van der Waals surface area (Å²) in [6, 6.07) is 8.10. The van der Waals surface area contributed by atoms with Crippen LogP contribution in [0.3, 0.4) is 0 Å². The molecule has 0 radical (unpaired) electrons. The minimum atomic E-state index is -0.347. The quantitative estimate of drug-likeness (QED) is 0.902. The molecule has 5 heteroatoms. The molecule has 0 fully saturated rings. The van der Waals surface area contributed by atoms with Gasteiger partial charge in [-0.05, 0) is 42.8 Å². The Bertz CT molecular complexity index is 543. The second kappa shape index (κ2) is 6.38. The maximum absolute atomic E-state index is 13.2. The molecule has 0 aliphatic carbocycles. The van der Waals surface area contributed by atoms with Crippen molar-refractivity contribution in [3.8, 4) is 5.88 Å². The SMILES string of the molecule is CCOc1ncccc1NCc1cc(F)cc(Cl)c1. The molecule has 0 saturated heterocycles. The van der Waals surface area contributed by atoms with Gasteiger partial charge in [-0.25, -0.2) is 9.37 Å². The third-order valence-corrected chi connectivity index (χ3v) is 2.68. The molecule has 1 heterocycles. The van der Waals surface area contributed by atoms with Gasteiger partial charge in [0.25, 0.3) is 0 Å². The smallest absolute Gasteiger partial charge is 0.237 e. The summed E-state index contributed by atoms with van der Waals surface area (Å²) in [6.45, 7) is 2.88. The van der Waals surface area contributed by atoms with Crippen LogP contribution in [0.1, 0.15) is 12.5 Å². The molecule has 0 unspecified atom stereocenters. The van der Waals surface area contributed by atoms with Crippen LogP contribution >= 0.6 is 11.6 Å². The van der Waals surface area contributed by atoms with E-state index in [2.05, 4.69) is 10.3 Å². The Morgan fingerprint density at radius 2 is 2.21 bits per heavy atom. The van der Waals surface area contributed by atoms with Crippen LogP contribution in [-0.4, -0.2) is 11.6 Å². The lowest BCUT2D eigenvalue weighted by molar-refractivity contribution is 0.328. The van der Waals surface area contributed by atoms with Crippen molar-refractivity contribution in [3.05, 3.63) is 52.9 Å². The number of nitrogens with zero attached hydrogens (tertiary/aromatic N) is 1. The summed E-state index contributed by atoms with van der Waals surface area (Å²) in [7, 11) is 0. The first-order chi connectivity index (χ1) is 9.19. The molecule has 0 saturated carbocycles. The molecule has 1 aromatic carbocycles. The Kier molecular flexibility index (Phi) is 4.58. The van der Waals surface area contributed by atoms with Crippen LogP contribution in [0.15, 0.2) is 36.5 Å². The van der Waals surface area contributed by atoms with Gasteiger partial charge in [-0.1, -0.05) is 11.6 Å². The molecule has 2 aromatic rings. The summed E-state index contributed by atoms with van der Waals surface area (Å²) in [5, 5.41) is 3.54. The minimum Gasteiger partial charge on any atom is -0.476 e. The standard InChI is InChI=1S/C14H14ClFN2O/c1-2-19-14-13(4-3-5-17-14)18-9-10-6-11(15)8-12(16)7-10/h3-8,18H,2,9H2,1H3. The van der Waals surface area contributed by atoms with Gasteiger partial charge >= 0.3 is 0 Å². The first kappa shape index (κ1) is 13.6. The number of hydrogen-bond acceptors (Lipinski definition) is 3. The average molecular weight is 281 g/mol. The molecule has 0 spiro atoms. The van der Waals surface area contributed by atoms with E-state index in [-0.39, 0.29) is 5.82 Å². The van der Waals surface area contributed by atoms with E-state index in [1.54, 1.807) is 12.3 Å². The summed E-state index contributed by atoms with van der Waals surface area (Å²) in [5.74, 6) is 0.188. The number of nitrogens with one attached hydrogen (secondary N) is 1. The van der Waals surface area contributed by atoms with Crippen molar-refractivity contribution in [2.24, 2.45) is 0 Å². The van der Waals surface area contributed by atoms with E-state index in [9.17, 15) is 4.39 Å². The van der Waals surface area contributed by atoms with Crippen molar-refractivity contribution < 1.29 is 9.13 Å². The van der Waals surface area contributed by atoms with Crippen LogP contribution < -0.4 is 10.1 Å². The van der Waals surface area contributed by atoms with Crippen LogP contribution in [0, 0.1) is 5.82 Å². The molecule has 1 N–H and O–H groups in total. The van der Waals surface area contributed by atoms with Gasteiger partial charge < -0.3 is 10.1 Å². The molecule has 0 atom stereocenters. The van der Waals surface area contributed by atoms with E-state index in [1.807, 2.05) is 19.1 Å². The van der Waals surface area contributed by atoms with Crippen LogP contribution in [0.4, 0.5) is 10.1 Å². The Balaban J connectivity index is 2.09. The lowest BCUT2D eigenvalue weighted by atomic mass is 10.2. The topological polar surface area (TPSA) is 34.1 Å². The van der Waals surface area contributed by atoms with Crippen molar-refractivity contribution in [1.29, 1.82) is 0 Å². The Morgan fingerprint density at radius 1 is 1.37 bits per heavy atom. The molecule has 0 aliphatic heterocycles. The third kappa shape index (κ3) is 3.83. The average Bonchev–Trinajstić information content (AvgIpc) is 2.37. The highest BCUT2D eigenvalue weighted by Gasteiger charge is 2.04. The highest BCUT2D eigenvalue weighted by Crippen LogP contribution is 2.22. The van der Waals surface area contributed by atoms with Crippen molar-refractivity contribution in [1.82, 2.24) is 4.98 Å². The van der Waals surface area contributed by atoms with E-state index in [0.29, 0.717) is 24.1 Å². The zero-order chi connectivity index (χ0) is 13.7. The number of hydrogen-bond donors (Lipinski definition) is 1. The monoisotopic (exact) mass is 280 g/mol. The van der Waals surface area contributed by atoms with Gasteiger partial charge in [0.15, 0.2) is 0 Å². The van der Waals surface area contributed by atoms with Gasteiger partial charge in [-0.3, -0.25) is 0 Å². The highest BCUT2D eigenvalue weighted by molar-refractivity contribution is 6.30. The molecular formula is C14H14ClFN2O. The number of ether oxygens (including phenoxy) is 1. The maximum Gasteiger partial charge on any atom is 0.237 e. The fraction of sp³-hybridized carbons (Fsp3) is 0.214. The summed E-state index contributed by atoms with van der Waals surface area (Å²) in [5.41, 5.74) is 1.53. The predicted octanol–water partition coefficient (Wildman–Crippen LogP) is 3.88. The summed E-state index contributed by atoms with van der Waals surface area (Å²) in [4.78, 5) is 4.13. The van der Waals surface area contributed by atoms with Crippen molar-refractivity contribution in [2.75, 3.05) is 11.9 Å².